The molecule has 9 heteroatoms. The third kappa shape index (κ3) is 5.48. The molecule has 2 fully saturated rings. The standard InChI is InChI=1S/C25H30N4O5/c1-34-20-7-4-18(5-8-20)24(31)26-21-16-19(25(32)33)6-9-22(21)28-14-12-27(13-15-28)17-23(30)29-10-2-3-11-29/h4-9,16H,2-3,10-15,17H2,1H3,(H,26,31)(H,32,33). The molecular formula is C25H30N4O5. The lowest BCUT2D eigenvalue weighted by atomic mass is 10.1. The zero-order chi connectivity index (χ0) is 24.1. The average molecular weight is 467 g/mol. The van der Waals surface area contributed by atoms with Crippen LogP contribution in [0.5, 0.6) is 5.75 Å². The van der Waals surface area contributed by atoms with Gasteiger partial charge in [-0.05, 0) is 55.3 Å². The Morgan fingerprint density at radius 1 is 0.912 bits per heavy atom. The van der Waals surface area contributed by atoms with Crippen molar-refractivity contribution in [1.82, 2.24) is 9.80 Å². The van der Waals surface area contributed by atoms with Crippen LogP contribution in [0.15, 0.2) is 42.5 Å². The number of amides is 2. The Kier molecular flexibility index (Phi) is 7.32. The zero-order valence-corrected chi connectivity index (χ0v) is 19.3. The van der Waals surface area contributed by atoms with Gasteiger partial charge in [-0.25, -0.2) is 4.79 Å². The van der Waals surface area contributed by atoms with E-state index in [1.54, 1.807) is 43.5 Å². The molecule has 0 atom stereocenters. The van der Waals surface area contributed by atoms with Crippen molar-refractivity contribution in [1.29, 1.82) is 0 Å². The fourth-order valence-electron chi connectivity index (χ4n) is 4.39. The summed E-state index contributed by atoms with van der Waals surface area (Å²) in [5.41, 5.74) is 1.75. The quantitative estimate of drug-likeness (QED) is 0.646. The topological polar surface area (TPSA) is 102 Å². The molecule has 0 aromatic heterocycles. The fourth-order valence-corrected chi connectivity index (χ4v) is 4.39. The van der Waals surface area contributed by atoms with Crippen LogP contribution in [0.2, 0.25) is 0 Å². The number of rotatable bonds is 7. The largest absolute Gasteiger partial charge is 0.497 e. The van der Waals surface area contributed by atoms with Crippen molar-refractivity contribution in [2.45, 2.75) is 12.8 Å². The molecule has 2 N–H and O–H groups in total. The first-order valence-electron chi connectivity index (χ1n) is 11.5. The molecular weight excluding hydrogens is 436 g/mol. The molecule has 180 valence electrons. The minimum absolute atomic E-state index is 0.101. The molecule has 2 saturated heterocycles. The fraction of sp³-hybridized carbons (Fsp3) is 0.400. The first-order chi connectivity index (χ1) is 16.4. The molecule has 2 aromatic carbocycles. The first-order valence-corrected chi connectivity index (χ1v) is 11.5. The second-order valence-corrected chi connectivity index (χ2v) is 8.57. The van der Waals surface area contributed by atoms with Gasteiger partial charge < -0.3 is 25.0 Å². The predicted octanol–water partition coefficient (Wildman–Crippen LogP) is 2.39. The van der Waals surface area contributed by atoms with E-state index in [0.29, 0.717) is 49.7 Å². The van der Waals surface area contributed by atoms with E-state index in [-0.39, 0.29) is 17.4 Å². The van der Waals surface area contributed by atoms with E-state index in [0.717, 1.165) is 31.6 Å². The Balaban J connectivity index is 1.45. The Morgan fingerprint density at radius 2 is 1.56 bits per heavy atom. The number of nitrogens with one attached hydrogen (secondary N) is 1. The Hall–Kier alpha value is -3.59. The number of hydrogen-bond donors (Lipinski definition) is 2. The highest BCUT2D eigenvalue weighted by Gasteiger charge is 2.25. The molecule has 2 aliphatic rings. The smallest absolute Gasteiger partial charge is 0.335 e. The van der Waals surface area contributed by atoms with Gasteiger partial charge in [0.1, 0.15) is 5.75 Å². The van der Waals surface area contributed by atoms with Crippen molar-refractivity contribution >= 4 is 29.2 Å². The minimum atomic E-state index is -1.06. The number of piperazine rings is 1. The Morgan fingerprint density at radius 3 is 2.18 bits per heavy atom. The second kappa shape index (κ2) is 10.6. The summed E-state index contributed by atoms with van der Waals surface area (Å²) in [7, 11) is 1.56. The van der Waals surface area contributed by atoms with Crippen LogP contribution in [0.3, 0.4) is 0 Å². The summed E-state index contributed by atoms with van der Waals surface area (Å²) in [6.07, 6.45) is 2.16. The van der Waals surface area contributed by atoms with Crippen LogP contribution in [-0.4, -0.2) is 85.6 Å². The van der Waals surface area contributed by atoms with Crippen molar-refractivity contribution < 1.29 is 24.2 Å². The maximum Gasteiger partial charge on any atom is 0.335 e. The lowest BCUT2D eigenvalue weighted by molar-refractivity contribution is -0.131. The number of likely N-dealkylation sites (tertiary alicyclic amines) is 1. The predicted molar refractivity (Wildman–Crippen MR) is 129 cm³/mol. The molecule has 9 nitrogen and oxygen atoms in total. The highest BCUT2D eigenvalue weighted by Crippen LogP contribution is 2.29. The van der Waals surface area contributed by atoms with E-state index in [9.17, 15) is 19.5 Å². The van der Waals surface area contributed by atoms with Gasteiger partial charge in [-0.1, -0.05) is 0 Å². The van der Waals surface area contributed by atoms with E-state index in [1.165, 1.54) is 6.07 Å². The number of methoxy groups -OCH3 is 1. The lowest BCUT2D eigenvalue weighted by Crippen LogP contribution is -2.50. The van der Waals surface area contributed by atoms with Gasteiger partial charge in [-0.2, -0.15) is 0 Å². The normalized spacial score (nSPS) is 16.4. The van der Waals surface area contributed by atoms with E-state index < -0.39 is 5.97 Å². The van der Waals surface area contributed by atoms with Crippen LogP contribution in [-0.2, 0) is 4.79 Å². The molecule has 2 amide bonds. The van der Waals surface area contributed by atoms with Crippen molar-refractivity contribution in [2.75, 3.05) is 63.1 Å². The number of anilines is 2. The number of hydrogen-bond acceptors (Lipinski definition) is 6. The van der Waals surface area contributed by atoms with E-state index >= 15 is 0 Å². The van der Waals surface area contributed by atoms with Crippen LogP contribution >= 0.6 is 0 Å². The van der Waals surface area contributed by atoms with Gasteiger partial charge in [0.25, 0.3) is 5.91 Å². The van der Waals surface area contributed by atoms with Crippen LogP contribution in [0.1, 0.15) is 33.6 Å². The number of aromatic carboxylic acids is 1. The van der Waals surface area contributed by atoms with Gasteiger partial charge in [0.15, 0.2) is 0 Å². The molecule has 2 aromatic rings. The van der Waals surface area contributed by atoms with Gasteiger partial charge in [0, 0.05) is 44.8 Å². The third-order valence-electron chi connectivity index (χ3n) is 6.37. The molecule has 0 radical (unpaired) electrons. The number of carboxylic acids is 1. The molecule has 4 rings (SSSR count). The number of ether oxygens (including phenoxy) is 1. The third-order valence-corrected chi connectivity index (χ3v) is 6.37. The summed E-state index contributed by atoms with van der Waals surface area (Å²) < 4.78 is 5.14. The van der Waals surface area contributed by atoms with E-state index in [2.05, 4.69) is 15.1 Å². The minimum Gasteiger partial charge on any atom is -0.497 e. The lowest BCUT2D eigenvalue weighted by Gasteiger charge is -2.37. The summed E-state index contributed by atoms with van der Waals surface area (Å²) in [6, 6.07) is 11.5. The molecule has 2 heterocycles. The van der Waals surface area contributed by atoms with E-state index in [1.807, 2.05) is 4.90 Å². The van der Waals surface area contributed by atoms with Gasteiger partial charge in [-0.3, -0.25) is 14.5 Å². The summed E-state index contributed by atoms with van der Waals surface area (Å²) in [4.78, 5) is 43.1. The van der Waals surface area contributed by atoms with Crippen molar-refractivity contribution in [3.05, 3.63) is 53.6 Å². The number of carbonyl (C=O) groups excluding carboxylic acids is 2. The molecule has 34 heavy (non-hydrogen) atoms. The van der Waals surface area contributed by atoms with Gasteiger partial charge >= 0.3 is 5.97 Å². The Labute approximate surface area is 198 Å². The molecule has 0 saturated carbocycles. The SMILES string of the molecule is COc1ccc(C(=O)Nc2cc(C(=O)O)ccc2N2CCN(CC(=O)N3CCCC3)CC2)cc1. The number of benzene rings is 2. The number of nitrogens with zero attached hydrogens (tertiary/aromatic N) is 3. The number of carboxylic acid groups (broad SMARTS) is 1. The molecule has 2 aliphatic heterocycles. The second-order valence-electron chi connectivity index (χ2n) is 8.57. The van der Waals surface area contributed by atoms with Crippen LogP contribution < -0.4 is 15.0 Å². The molecule has 0 spiro atoms. The van der Waals surface area contributed by atoms with Crippen molar-refractivity contribution in [3.63, 3.8) is 0 Å². The van der Waals surface area contributed by atoms with Gasteiger partial charge in [0.05, 0.1) is 30.6 Å². The van der Waals surface area contributed by atoms with E-state index in [4.69, 9.17) is 4.74 Å². The highest BCUT2D eigenvalue weighted by molar-refractivity contribution is 6.06. The summed E-state index contributed by atoms with van der Waals surface area (Å²) in [5, 5.41) is 12.3. The Bertz CT molecular complexity index is 1040. The van der Waals surface area contributed by atoms with Gasteiger partial charge in [-0.15, -0.1) is 0 Å². The molecule has 0 bridgehead atoms. The summed E-state index contributed by atoms with van der Waals surface area (Å²) in [5.74, 6) is -0.562. The van der Waals surface area contributed by atoms with Crippen LogP contribution in [0, 0.1) is 0 Å². The zero-order valence-electron chi connectivity index (χ0n) is 19.3. The summed E-state index contributed by atoms with van der Waals surface area (Å²) in [6.45, 7) is 4.90. The maximum atomic E-state index is 12.9. The van der Waals surface area contributed by atoms with Crippen molar-refractivity contribution in [3.8, 4) is 5.75 Å². The van der Waals surface area contributed by atoms with Gasteiger partial charge in [0.2, 0.25) is 5.91 Å². The van der Waals surface area contributed by atoms with Crippen LogP contribution in [0.4, 0.5) is 11.4 Å². The monoisotopic (exact) mass is 466 g/mol. The maximum absolute atomic E-state index is 12.9. The van der Waals surface area contributed by atoms with Crippen molar-refractivity contribution in [2.24, 2.45) is 0 Å². The van der Waals surface area contributed by atoms with Crippen LogP contribution in [0.25, 0.3) is 0 Å². The molecule has 0 aliphatic carbocycles. The average Bonchev–Trinajstić information content (AvgIpc) is 3.40. The first kappa shape index (κ1) is 23.6. The highest BCUT2D eigenvalue weighted by atomic mass is 16.5. The molecule has 0 unspecified atom stereocenters. The number of carbonyl (C=O) groups is 3. The summed E-state index contributed by atoms with van der Waals surface area (Å²) >= 11 is 0.